The Morgan fingerprint density at radius 1 is 1.29 bits per heavy atom. The van der Waals surface area contributed by atoms with Gasteiger partial charge in [-0.25, -0.2) is 0 Å². The summed E-state index contributed by atoms with van der Waals surface area (Å²) in [6.07, 6.45) is 3.67. The third-order valence-corrected chi connectivity index (χ3v) is 0.250. The first-order valence-electron chi connectivity index (χ1n) is 2.49. The van der Waals surface area contributed by atoms with Gasteiger partial charge in [-0.05, 0) is 6.92 Å². The summed E-state index contributed by atoms with van der Waals surface area (Å²) in [5.74, 6) is 0. The first-order chi connectivity index (χ1) is 3.33. The second-order valence-corrected chi connectivity index (χ2v) is 1.12. The Hall–Kier alpha value is -0.260. The average molecular weight is 98.2 g/mol. The molecule has 0 aromatic heterocycles. The predicted molar refractivity (Wildman–Crippen MR) is 35.8 cm³/mol. The zero-order valence-electron chi connectivity index (χ0n) is 5.11. The molecular weight excluding hydrogens is 84.1 g/mol. The molecule has 42 valence electrons. The molecule has 0 bridgehead atoms. The van der Waals surface area contributed by atoms with Crippen LogP contribution in [0.4, 0.5) is 0 Å². The van der Waals surface area contributed by atoms with E-state index in [1.165, 1.54) is 0 Å². The monoisotopic (exact) mass is 98.1 g/mol. The second kappa shape index (κ2) is 17.2. The summed E-state index contributed by atoms with van der Waals surface area (Å²) >= 11 is 0. The molecule has 0 aliphatic carbocycles. The molecule has 0 amide bonds. The minimum absolute atomic E-state index is 0.958. The van der Waals surface area contributed by atoms with E-state index in [2.05, 4.69) is 20.4 Å². The maximum Gasteiger partial charge on any atom is -0.0473 e. The highest BCUT2D eigenvalue weighted by molar-refractivity contribution is 4.51. The Morgan fingerprint density at radius 3 is 1.43 bits per heavy atom. The van der Waals surface area contributed by atoms with Gasteiger partial charge >= 0.3 is 0 Å². The van der Waals surface area contributed by atoms with E-state index in [1.54, 1.807) is 6.08 Å². The summed E-state index contributed by atoms with van der Waals surface area (Å²) in [5.41, 5.74) is 0. The second-order valence-electron chi connectivity index (χ2n) is 1.12. The van der Waals surface area contributed by atoms with E-state index in [4.69, 9.17) is 0 Å². The molecule has 2 radical (unpaired) electrons. The minimum atomic E-state index is 0.958. The van der Waals surface area contributed by atoms with Gasteiger partial charge in [0.25, 0.3) is 0 Å². The lowest BCUT2D eigenvalue weighted by atomic mass is 10.4. The molecule has 0 heteroatoms. The zero-order chi connectivity index (χ0) is 6.12. The summed E-state index contributed by atoms with van der Waals surface area (Å²) in [6, 6.07) is 0. The minimum Gasteiger partial charge on any atom is -0.103 e. The van der Waals surface area contributed by atoms with Gasteiger partial charge in [0, 0.05) is 0 Å². The van der Waals surface area contributed by atoms with Gasteiger partial charge in [0.1, 0.15) is 0 Å². The van der Waals surface area contributed by atoms with Gasteiger partial charge in [-0.3, -0.25) is 0 Å². The molecule has 0 aliphatic heterocycles. The van der Waals surface area contributed by atoms with E-state index in [0.717, 1.165) is 12.8 Å². The van der Waals surface area contributed by atoms with Crippen molar-refractivity contribution in [3.05, 3.63) is 26.5 Å². The predicted octanol–water partition coefficient (Wildman–Crippen LogP) is 2.63. The fourth-order valence-electron chi connectivity index (χ4n) is 0. The van der Waals surface area contributed by atoms with Crippen molar-refractivity contribution >= 4 is 0 Å². The Kier molecular flexibility index (Phi) is 24.3. The highest BCUT2D eigenvalue weighted by Gasteiger charge is 1.57. The molecule has 0 aliphatic rings. The van der Waals surface area contributed by atoms with Crippen LogP contribution in [-0.4, -0.2) is 0 Å². The normalized spacial score (nSPS) is 6.14. The van der Waals surface area contributed by atoms with Gasteiger partial charge < -0.3 is 0 Å². The average Bonchev–Trinajstić information content (AvgIpc) is 1.69. The van der Waals surface area contributed by atoms with Crippen LogP contribution >= 0.6 is 0 Å². The van der Waals surface area contributed by atoms with E-state index in [1.807, 2.05) is 6.92 Å². The molecule has 0 nitrogen and oxygen atoms in total. The van der Waals surface area contributed by atoms with Crippen LogP contribution in [0.5, 0.6) is 0 Å². The molecule has 0 unspecified atom stereocenters. The zero-order valence-corrected chi connectivity index (χ0v) is 5.11. The van der Waals surface area contributed by atoms with Crippen LogP contribution in [0.3, 0.4) is 0 Å². The molecule has 0 spiro atoms. The molecular formula is C7H14. The van der Waals surface area contributed by atoms with E-state index in [0.29, 0.717) is 0 Å². The van der Waals surface area contributed by atoms with Crippen molar-refractivity contribution in [3.8, 4) is 0 Å². The van der Waals surface area contributed by atoms with Crippen LogP contribution in [0, 0.1) is 13.8 Å². The summed E-state index contributed by atoms with van der Waals surface area (Å²) in [4.78, 5) is 0. The van der Waals surface area contributed by atoms with Crippen molar-refractivity contribution in [3.63, 3.8) is 0 Å². The Morgan fingerprint density at radius 2 is 1.43 bits per heavy atom. The Bertz CT molecular complexity index is 19.2. The summed E-state index contributed by atoms with van der Waals surface area (Å²) in [7, 11) is 0. The fourth-order valence-corrected chi connectivity index (χ4v) is 0. The lowest BCUT2D eigenvalue weighted by Crippen LogP contribution is -1.49. The van der Waals surface area contributed by atoms with Gasteiger partial charge in [0.2, 0.25) is 0 Å². The first kappa shape index (κ1) is 9.88. The Balaban J connectivity index is 0. The van der Waals surface area contributed by atoms with Crippen LogP contribution in [0.2, 0.25) is 0 Å². The Labute approximate surface area is 47.2 Å². The number of rotatable bonds is 1. The third-order valence-electron chi connectivity index (χ3n) is 0.250. The highest BCUT2D eigenvalue weighted by Crippen LogP contribution is 1.75. The molecule has 7 heavy (non-hydrogen) atoms. The summed E-state index contributed by atoms with van der Waals surface area (Å²) < 4.78 is 0. The van der Waals surface area contributed by atoms with Crippen molar-refractivity contribution < 1.29 is 0 Å². The topological polar surface area (TPSA) is 0 Å². The number of allylic oxidation sites excluding steroid dienone is 1. The highest BCUT2D eigenvalue weighted by atomic mass is 13.6. The quantitative estimate of drug-likeness (QED) is 0.442. The largest absolute Gasteiger partial charge is 0.103 e. The van der Waals surface area contributed by atoms with Gasteiger partial charge in [-0.15, -0.1) is 6.58 Å². The van der Waals surface area contributed by atoms with Gasteiger partial charge in [0.15, 0.2) is 0 Å². The fraction of sp³-hybridized carbons (Fsp3) is 0.429. The lowest BCUT2D eigenvalue weighted by molar-refractivity contribution is 1.05. The van der Waals surface area contributed by atoms with Crippen molar-refractivity contribution in [2.45, 2.75) is 19.8 Å². The van der Waals surface area contributed by atoms with Crippen molar-refractivity contribution in [1.82, 2.24) is 0 Å². The molecule has 0 saturated carbocycles. The van der Waals surface area contributed by atoms with Crippen LogP contribution in [0.15, 0.2) is 12.7 Å². The molecule has 0 aromatic rings. The number of unbranched alkanes of at least 4 members (excludes halogenated alkanes) is 1. The molecule has 0 atom stereocenters. The van der Waals surface area contributed by atoms with Gasteiger partial charge in [0.05, 0.1) is 0 Å². The van der Waals surface area contributed by atoms with Crippen LogP contribution in [0.1, 0.15) is 19.8 Å². The van der Waals surface area contributed by atoms with Crippen LogP contribution in [0.25, 0.3) is 0 Å². The smallest absolute Gasteiger partial charge is 0.0473 e. The molecule has 0 aromatic carbocycles. The van der Waals surface area contributed by atoms with Gasteiger partial charge in [-0.1, -0.05) is 32.8 Å². The molecule has 0 fully saturated rings. The summed E-state index contributed by atoms with van der Waals surface area (Å²) in [6.45, 7) is 12.3. The van der Waals surface area contributed by atoms with E-state index in [-0.39, 0.29) is 0 Å². The van der Waals surface area contributed by atoms with Crippen LogP contribution in [-0.2, 0) is 0 Å². The summed E-state index contributed by atoms with van der Waals surface area (Å²) in [5, 5.41) is 0. The van der Waals surface area contributed by atoms with Crippen LogP contribution < -0.4 is 0 Å². The van der Waals surface area contributed by atoms with Gasteiger partial charge in [-0.2, -0.15) is 0 Å². The molecule has 0 N–H and O–H groups in total. The maximum atomic E-state index is 3.54. The van der Waals surface area contributed by atoms with Crippen molar-refractivity contribution in [2.75, 3.05) is 0 Å². The standard InChI is InChI=1S/C4H8.C3H6/c1-3-4-2;1-3-2/h1-4H2;3H,1H2,2H3. The van der Waals surface area contributed by atoms with Crippen molar-refractivity contribution in [1.29, 1.82) is 0 Å². The SMILES string of the molecule is C=CC.[CH2]CC[CH2]. The van der Waals surface area contributed by atoms with E-state index < -0.39 is 0 Å². The molecule has 0 rings (SSSR count). The molecule has 0 saturated heterocycles. The maximum absolute atomic E-state index is 3.54. The molecule has 0 heterocycles. The number of hydrogen-bond acceptors (Lipinski definition) is 0. The van der Waals surface area contributed by atoms with E-state index >= 15 is 0 Å². The third kappa shape index (κ3) is 147. The lowest BCUT2D eigenvalue weighted by Gasteiger charge is -1.67. The van der Waals surface area contributed by atoms with Crippen molar-refractivity contribution in [2.24, 2.45) is 0 Å². The first-order valence-corrected chi connectivity index (χ1v) is 2.49. The van der Waals surface area contributed by atoms with E-state index in [9.17, 15) is 0 Å². The number of hydrogen-bond donors (Lipinski definition) is 0.